The molecule has 1 amide bonds. The van der Waals surface area contributed by atoms with Crippen molar-refractivity contribution in [3.63, 3.8) is 0 Å². The average molecular weight is 366 g/mol. The van der Waals surface area contributed by atoms with Crippen LogP contribution in [0.15, 0.2) is 54.6 Å². The Kier molecular flexibility index (Phi) is 5.70. The maximum atomic E-state index is 13.1. The molecule has 1 atom stereocenters. The second kappa shape index (κ2) is 8.55. The van der Waals surface area contributed by atoms with Crippen molar-refractivity contribution < 1.29 is 14.3 Å². The van der Waals surface area contributed by atoms with Crippen molar-refractivity contribution in [3.8, 4) is 11.5 Å². The van der Waals surface area contributed by atoms with Crippen LogP contribution < -0.4 is 4.74 Å². The van der Waals surface area contributed by atoms with Crippen LogP contribution in [0.25, 0.3) is 0 Å². The maximum absolute atomic E-state index is 13.1. The zero-order chi connectivity index (χ0) is 18.5. The SMILES string of the molecule is O=C(c1ccccc1Oc1ccccc1)N1CCN(CC2CCCO2)CC1. The molecule has 2 aromatic rings. The van der Waals surface area contributed by atoms with Gasteiger partial charge in [0.2, 0.25) is 0 Å². The van der Waals surface area contributed by atoms with E-state index in [2.05, 4.69) is 4.90 Å². The molecule has 0 bridgehead atoms. The molecule has 5 heteroatoms. The number of rotatable bonds is 5. The fourth-order valence-corrected chi connectivity index (χ4v) is 3.73. The van der Waals surface area contributed by atoms with E-state index in [1.54, 1.807) is 0 Å². The summed E-state index contributed by atoms with van der Waals surface area (Å²) in [5, 5.41) is 0. The summed E-state index contributed by atoms with van der Waals surface area (Å²) < 4.78 is 11.7. The van der Waals surface area contributed by atoms with E-state index in [-0.39, 0.29) is 5.91 Å². The summed E-state index contributed by atoms with van der Waals surface area (Å²) in [7, 11) is 0. The standard InChI is InChI=1S/C22H26N2O3/c25-22(24-14-12-23(13-15-24)17-19-9-6-16-26-19)20-10-4-5-11-21(20)27-18-7-2-1-3-8-18/h1-5,7-8,10-11,19H,6,9,12-17H2. The van der Waals surface area contributed by atoms with Gasteiger partial charge in [-0.15, -0.1) is 0 Å². The Morgan fingerprint density at radius 3 is 2.48 bits per heavy atom. The summed E-state index contributed by atoms with van der Waals surface area (Å²) in [5.41, 5.74) is 0.619. The van der Waals surface area contributed by atoms with Gasteiger partial charge in [-0.25, -0.2) is 0 Å². The molecule has 2 saturated heterocycles. The van der Waals surface area contributed by atoms with Crippen molar-refractivity contribution in [3.05, 3.63) is 60.2 Å². The van der Waals surface area contributed by atoms with E-state index in [4.69, 9.17) is 9.47 Å². The van der Waals surface area contributed by atoms with Crippen LogP contribution in [0.4, 0.5) is 0 Å². The van der Waals surface area contributed by atoms with E-state index >= 15 is 0 Å². The van der Waals surface area contributed by atoms with Crippen LogP contribution in [0.5, 0.6) is 11.5 Å². The van der Waals surface area contributed by atoms with Gasteiger partial charge in [0, 0.05) is 39.3 Å². The fraction of sp³-hybridized carbons (Fsp3) is 0.409. The highest BCUT2D eigenvalue weighted by atomic mass is 16.5. The Hall–Kier alpha value is -2.37. The number of hydrogen-bond donors (Lipinski definition) is 0. The number of amides is 1. The van der Waals surface area contributed by atoms with Crippen LogP contribution >= 0.6 is 0 Å². The summed E-state index contributed by atoms with van der Waals surface area (Å²) in [6.07, 6.45) is 2.69. The van der Waals surface area contributed by atoms with E-state index < -0.39 is 0 Å². The number of para-hydroxylation sites is 2. The molecular weight excluding hydrogens is 340 g/mol. The number of hydrogen-bond acceptors (Lipinski definition) is 4. The molecule has 142 valence electrons. The Balaban J connectivity index is 1.38. The lowest BCUT2D eigenvalue weighted by molar-refractivity contribution is 0.0431. The highest BCUT2D eigenvalue weighted by Crippen LogP contribution is 2.26. The molecule has 1 unspecified atom stereocenters. The highest BCUT2D eigenvalue weighted by Gasteiger charge is 2.26. The molecule has 2 fully saturated rings. The summed E-state index contributed by atoms with van der Waals surface area (Å²) in [4.78, 5) is 17.4. The largest absolute Gasteiger partial charge is 0.457 e. The van der Waals surface area contributed by atoms with Gasteiger partial charge < -0.3 is 14.4 Å². The van der Waals surface area contributed by atoms with Gasteiger partial charge >= 0.3 is 0 Å². The highest BCUT2D eigenvalue weighted by molar-refractivity contribution is 5.97. The molecule has 2 aliphatic rings. The van der Waals surface area contributed by atoms with Crippen LogP contribution in [0.1, 0.15) is 23.2 Å². The van der Waals surface area contributed by atoms with E-state index in [0.29, 0.717) is 17.4 Å². The molecule has 0 aliphatic carbocycles. The first-order chi connectivity index (χ1) is 13.3. The van der Waals surface area contributed by atoms with Gasteiger partial charge in [-0.2, -0.15) is 0 Å². The minimum Gasteiger partial charge on any atom is -0.457 e. The van der Waals surface area contributed by atoms with E-state index in [1.807, 2.05) is 59.5 Å². The first-order valence-corrected chi connectivity index (χ1v) is 9.75. The van der Waals surface area contributed by atoms with Crippen molar-refractivity contribution in [2.24, 2.45) is 0 Å². The Morgan fingerprint density at radius 1 is 1.00 bits per heavy atom. The van der Waals surface area contributed by atoms with Gasteiger partial charge in [0.15, 0.2) is 0 Å². The van der Waals surface area contributed by atoms with Gasteiger partial charge in [-0.3, -0.25) is 9.69 Å². The fourth-order valence-electron chi connectivity index (χ4n) is 3.73. The maximum Gasteiger partial charge on any atom is 0.257 e. The third-order valence-corrected chi connectivity index (χ3v) is 5.23. The number of benzene rings is 2. The minimum absolute atomic E-state index is 0.0401. The first-order valence-electron chi connectivity index (χ1n) is 9.75. The van der Waals surface area contributed by atoms with Crippen molar-refractivity contribution in [1.29, 1.82) is 0 Å². The first kappa shape index (κ1) is 18.0. The minimum atomic E-state index is 0.0401. The molecule has 0 radical (unpaired) electrons. The van der Waals surface area contributed by atoms with E-state index in [1.165, 1.54) is 6.42 Å². The van der Waals surface area contributed by atoms with Gasteiger partial charge in [0.25, 0.3) is 5.91 Å². The zero-order valence-corrected chi connectivity index (χ0v) is 15.5. The summed E-state index contributed by atoms with van der Waals surface area (Å²) in [6, 6.07) is 17.1. The van der Waals surface area contributed by atoms with E-state index in [9.17, 15) is 4.79 Å². The molecule has 5 nitrogen and oxygen atoms in total. The molecule has 27 heavy (non-hydrogen) atoms. The second-order valence-corrected chi connectivity index (χ2v) is 7.14. The lowest BCUT2D eigenvalue weighted by Crippen LogP contribution is -2.50. The van der Waals surface area contributed by atoms with Gasteiger partial charge in [0.1, 0.15) is 11.5 Å². The quantitative estimate of drug-likeness (QED) is 0.813. The van der Waals surface area contributed by atoms with Gasteiger partial charge in [0.05, 0.1) is 11.7 Å². The Morgan fingerprint density at radius 2 is 1.74 bits per heavy atom. The van der Waals surface area contributed by atoms with E-state index in [0.717, 1.165) is 51.5 Å². The molecule has 2 heterocycles. The lowest BCUT2D eigenvalue weighted by atomic mass is 10.1. The van der Waals surface area contributed by atoms with Gasteiger partial charge in [-0.1, -0.05) is 30.3 Å². The molecular formula is C22H26N2O3. The molecule has 4 rings (SSSR count). The van der Waals surface area contributed by atoms with Crippen molar-refractivity contribution >= 4 is 5.91 Å². The third kappa shape index (κ3) is 4.49. The molecule has 0 aromatic heterocycles. The Bertz CT molecular complexity index is 751. The Labute approximate surface area is 160 Å². The van der Waals surface area contributed by atoms with Crippen LogP contribution in [-0.2, 0) is 4.74 Å². The summed E-state index contributed by atoms with van der Waals surface area (Å²) >= 11 is 0. The monoisotopic (exact) mass is 366 g/mol. The normalized spacial score (nSPS) is 20.6. The molecule has 2 aromatic carbocycles. The third-order valence-electron chi connectivity index (χ3n) is 5.23. The predicted molar refractivity (Wildman–Crippen MR) is 104 cm³/mol. The lowest BCUT2D eigenvalue weighted by Gasteiger charge is -2.35. The van der Waals surface area contributed by atoms with Crippen LogP contribution in [0.3, 0.4) is 0 Å². The predicted octanol–water partition coefficient (Wildman–Crippen LogP) is 3.42. The smallest absolute Gasteiger partial charge is 0.257 e. The number of carbonyl (C=O) groups excluding carboxylic acids is 1. The zero-order valence-electron chi connectivity index (χ0n) is 15.5. The molecule has 0 spiro atoms. The summed E-state index contributed by atoms with van der Waals surface area (Å²) in [6.45, 7) is 5.15. The van der Waals surface area contributed by atoms with Crippen LogP contribution in [0, 0.1) is 0 Å². The molecule has 0 N–H and O–H groups in total. The molecule has 0 saturated carbocycles. The number of carbonyl (C=O) groups is 1. The second-order valence-electron chi connectivity index (χ2n) is 7.14. The van der Waals surface area contributed by atoms with Crippen LogP contribution in [0.2, 0.25) is 0 Å². The van der Waals surface area contributed by atoms with Crippen molar-refractivity contribution in [2.45, 2.75) is 18.9 Å². The number of piperazine rings is 1. The van der Waals surface area contributed by atoms with Gasteiger partial charge in [-0.05, 0) is 37.1 Å². The number of ether oxygens (including phenoxy) is 2. The summed E-state index contributed by atoms with van der Waals surface area (Å²) in [5.74, 6) is 1.38. The number of nitrogens with zero attached hydrogens (tertiary/aromatic N) is 2. The topological polar surface area (TPSA) is 42.0 Å². The average Bonchev–Trinajstić information content (AvgIpc) is 3.22. The van der Waals surface area contributed by atoms with Crippen molar-refractivity contribution in [1.82, 2.24) is 9.80 Å². The van der Waals surface area contributed by atoms with Crippen LogP contribution in [-0.4, -0.2) is 61.1 Å². The van der Waals surface area contributed by atoms with Crippen molar-refractivity contribution in [2.75, 3.05) is 39.3 Å². The molecule has 2 aliphatic heterocycles.